The number of allylic oxidation sites excluding steroid dienone is 1. The van der Waals surface area contributed by atoms with Crippen molar-refractivity contribution in [1.82, 2.24) is 20.2 Å². The van der Waals surface area contributed by atoms with Crippen LogP contribution >= 0.6 is 0 Å². The van der Waals surface area contributed by atoms with E-state index in [1.54, 1.807) is 5.57 Å². The summed E-state index contributed by atoms with van der Waals surface area (Å²) in [5, 5.41) is 6.82. The van der Waals surface area contributed by atoms with Gasteiger partial charge in [-0.3, -0.25) is 4.99 Å². The van der Waals surface area contributed by atoms with E-state index in [1.165, 1.54) is 31.2 Å². The van der Waals surface area contributed by atoms with Gasteiger partial charge in [0.05, 0.1) is 0 Å². The van der Waals surface area contributed by atoms with E-state index in [4.69, 9.17) is 0 Å². The van der Waals surface area contributed by atoms with Crippen LogP contribution in [0.4, 0.5) is 0 Å². The fraction of sp³-hybridized carbons (Fsp3) is 0.455. The highest BCUT2D eigenvalue weighted by Gasteiger charge is 2.06. The molecule has 5 nitrogen and oxygen atoms in total. The van der Waals surface area contributed by atoms with Crippen LogP contribution in [0.3, 0.4) is 0 Å². The molecule has 1 aliphatic rings. The molecule has 0 amide bonds. The van der Waals surface area contributed by atoms with Crippen LogP contribution in [0.15, 0.2) is 59.4 Å². The third-order valence-electron chi connectivity index (χ3n) is 4.99. The molecule has 0 saturated heterocycles. The van der Waals surface area contributed by atoms with Crippen molar-refractivity contribution in [3.05, 3.63) is 65.8 Å². The second-order valence-electron chi connectivity index (χ2n) is 6.99. The molecule has 0 atom stereocenters. The topological polar surface area (TPSA) is 54.2 Å². The van der Waals surface area contributed by atoms with Crippen molar-refractivity contribution in [3.8, 4) is 0 Å². The molecule has 0 radical (unpaired) electrons. The van der Waals surface area contributed by atoms with Crippen LogP contribution in [-0.4, -0.2) is 35.6 Å². The van der Waals surface area contributed by atoms with Crippen LogP contribution in [0.5, 0.6) is 0 Å². The first-order valence-corrected chi connectivity index (χ1v) is 10.0. The van der Waals surface area contributed by atoms with Crippen LogP contribution in [-0.2, 0) is 13.0 Å². The Morgan fingerprint density at radius 3 is 2.67 bits per heavy atom. The first-order valence-electron chi connectivity index (χ1n) is 10.0. The highest BCUT2D eigenvalue weighted by atomic mass is 15.2. The van der Waals surface area contributed by atoms with Crippen molar-refractivity contribution in [3.63, 3.8) is 0 Å². The van der Waals surface area contributed by atoms with E-state index in [0.717, 1.165) is 44.3 Å². The lowest BCUT2D eigenvalue weighted by molar-refractivity contribution is 0.662. The van der Waals surface area contributed by atoms with Gasteiger partial charge in [-0.15, -0.1) is 0 Å². The van der Waals surface area contributed by atoms with Crippen molar-refractivity contribution >= 4 is 5.96 Å². The number of nitrogens with one attached hydrogen (secondary N) is 2. The molecular formula is C22H31N5. The molecular weight excluding hydrogens is 334 g/mol. The second kappa shape index (κ2) is 10.6. The summed E-state index contributed by atoms with van der Waals surface area (Å²) in [7, 11) is 1.82. The van der Waals surface area contributed by atoms with Gasteiger partial charge in [-0.1, -0.05) is 42.0 Å². The van der Waals surface area contributed by atoms with Crippen LogP contribution in [0.1, 0.15) is 43.5 Å². The molecule has 0 bridgehead atoms. The molecule has 1 heterocycles. The Kier molecular flexibility index (Phi) is 7.51. The minimum atomic E-state index is 0.814. The van der Waals surface area contributed by atoms with E-state index in [2.05, 4.69) is 55.5 Å². The maximum absolute atomic E-state index is 4.51. The number of guanidine groups is 1. The number of nitrogens with zero attached hydrogens (tertiary/aromatic N) is 3. The lowest BCUT2D eigenvalue weighted by atomic mass is 9.97. The summed E-state index contributed by atoms with van der Waals surface area (Å²) in [5.74, 6) is 1.96. The number of hydrogen-bond donors (Lipinski definition) is 2. The fourth-order valence-electron chi connectivity index (χ4n) is 3.48. The number of aromatic nitrogens is 2. The summed E-state index contributed by atoms with van der Waals surface area (Å²) in [6.07, 6.45) is 13.5. The number of rotatable bonds is 8. The minimum absolute atomic E-state index is 0.814. The molecule has 2 N–H and O–H groups in total. The van der Waals surface area contributed by atoms with Gasteiger partial charge in [0.1, 0.15) is 5.82 Å². The monoisotopic (exact) mass is 365 g/mol. The summed E-state index contributed by atoms with van der Waals surface area (Å²) < 4.78 is 2.21. The van der Waals surface area contributed by atoms with Crippen molar-refractivity contribution in [2.45, 2.75) is 45.1 Å². The SMILES string of the molecule is CN=C(NCCC1=CCCCC1)NCCc1nccn1Cc1ccccc1. The molecule has 0 fully saturated rings. The van der Waals surface area contributed by atoms with Gasteiger partial charge in [-0.05, 0) is 37.7 Å². The summed E-state index contributed by atoms with van der Waals surface area (Å²) in [6, 6.07) is 10.5. The first-order chi connectivity index (χ1) is 13.3. The standard InChI is InChI=1S/C22H31N5/c1-23-22(25-14-12-19-8-4-2-5-9-19)26-15-13-21-24-16-17-27(21)18-20-10-6-3-7-11-20/h3,6-8,10-11,16-17H,2,4-5,9,12-15,18H2,1H3,(H2,23,25,26). The van der Waals surface area contributed by atoms with Crippen LogP contribution in [0.25, 0.3) is 0 Å². The van der Waals surface area contributed by atoms with Gasteiger partial charge in [-0.25, -0.2) is 4.98 Å². The summed E-state index contributed by atoms with van der Waals surface area (Å²) in [6.45, 7) is 2.61. The molecule has 0 unspecified atom stereocenters. The van der Waals surface area contributed by atoms with Gasteiger partial charge >= 0.3 is 0 Å². The van der Waals surface area contributed by atoms with Gasteiger partial charge < -0.3 is 15.2 Å². The van der Waals surface area contributed by atoms with E-state index in [1.807, 2.05) is 25.5 Å². The predicted octanol–water partition coefficient (Wildman–Crippen LogP) is 3.53. The normalized spacial score (nSPS) is 14.7. The number of benzene rings is 1. The highest BCUT2D eigenvalue weighted by Crippen LogP contribution is 2.19. The highest BCUT2D eigenvalue weighted by molar-refractivity contribution is 5.79. The molecule has 1 aliphatic carbocycles. The molecule has 1 aromatic heterocycles. The largest absolute Gasteiger partial charge is 0.356 e. The Morgan fingerprint density at radius 2 is 1.93 bits per heavy atom. The minimum Gasteiger partial charge on any atom is -0.356 e. The first kappa shape index (κ1) is 19.2. The van der Waals surface area contributed by atoms with Crippen molar-refractivity contribution in [2.24, 2.45) is 4.99 Å². The Balaban J connectivity index is 1.41. The maximum atomic E-state index is 4.51. The Labute approximate surface area is 162 Å². The number of aliphatic imine (C=N–C) groups is 1. The molecule has 144 valence electrons. The molecule has 2 aromatic rings. The zero-order valence-electron chi connectivity index (χ0n) is 16.3. The third-order valence-corrected chi connectivity index (χ3v) is 4.99. The predicted molar refractivity (Wildman–Crippen MR) is 112 cm³/mol. The lowest BCUT2D eigenvalue weighted by Crippen LogP contribution is -2.39. The summed E-state index contributed by atoms with van der Waals surface area (Å²) >= 11 is 0. The molecule has 0 aliphatic heterocycles. The zero-order valence-corrected chi connectivity index (χ0v) is 16.3. The Hall–Kier alpha value is -2.56. The maximum Gasteiger partial charge on any atom is 0.191 e. The van der Waals surface area contributed by atoms with Gasteiger partial charge in [-0.2, -0.15) is 0 Å². The van der Waals surface area contributed by atoms with Crippen LogP contribution in [0.2, 0.25) is 0 Å². The van der Waals surface area contributed by atoms with Crippen LogP contribution in [0, 0.1) is 0 Å². The van der Waals surface area contributed by atoms with Gasteiger partial charge in [0, 0.05) is 45.5 Å². The average molecular weight is 366 g/mol. The van der Waals surface area contributed by atoms with E-state index in [-0.39, 0.29) is 0 Å². The number of imidazole rings is 1. The van der Waals surface area contributed by atoms with E-state index < -0.39 is 0 Å². The molecule has 1 aromatic carbocycles. The lowest BCUT2D eigenvalue weighted by Gasteiger charge is -2.15. The van der Waals surface area contributed by atoms with Gasteiger partial charge in [0.25, 0.3) is 0 Å². The zero-order chi connectivity index (χ0) is 18.7. The van der Waals surface area contributed by atoms with Crippen molar-refractivity contribution < 1.29 is 0 Å². The van der Waals surface area contributed by atoms with E-state index in [0.29, 0.717) is 0 Å². The van der Waals surface area contributed by atoms with Gasteiger partial charge in [0.2, 0.25) is 0 Å². The quantitative estimate of drug-likeness (QED) is 0.427. The molecule has 0 spiro atoms. The molecule has 5 heteroatoms. The average Bonchev–Trinajstić information content (AvgIpc) is 3.15. The van der Waals surface area contributed by atoms with Crippen molar-refractivity contribution in [1.29, 1.82) is 0 Å². The van der Waals surface area contributed by atoms with Gasteiger partial charge in [0.15, 0.2) is 5.96 Å². The van der Waals surface area contributed by atoms with Crippen molar-refractivity contribution in [2.75, 3.05) is 20.1 Å². The smallest absolute Gasteiger partial charge is 0.191 e. The Morgan fingerprint density at radius 1 is 1.11 bits per heavy atom. The Bertz CT molecular complexity index is 745. The second-order valence-corrected chi connectivity index (χ2v) is 6.99. The summed E-state index contributed by atoms with van der Waals surface area (Å²) in [4.78, 5) is 8.84. The fourth-order valence-corrected chi connectivity index (χ4v) is 3.48. The van der Waals surface area contributed by atoms with E-state index >= 15 is 0 Å². The number of hydrogen-bond acceptors (Lipinski definition) is 2. The van der Waals surface area contributed by atoms with E-state index in [9.17, 15) is 0 Å². The molecule has 3 rings (SSSR count). The molecule has 0 saturated carbocycles. The summed E-state index contributed by atoms with van der Waals surface area (Å²) in [5.41, 5.74) is 2.88. The third kappa shape index (κ3) is 6.27. The van der Waals surface area contributed by atoms with Crippen LogP contribution < -0.4 is 10.6 Å². The molecule has 27 heavy (non-hydrogen) atoms.